The van der Waals surface area contributed by atoms with Gasteiger partial charge in [-0.1, -0.05) is 6.07 Å². The van der Waals surface area contributed by atoms with E-state index in [9.17, 15) is 18.0 Å². The Bertz CT molecular complexity index is 828. The monoisotopic (exact) mass is 408 g/mol. The number of aromatic nitrogens is 1. The number of carbonyl (C=O) groups is 2. The third-order valence-corrected chi connectivity index (χ3v) is 7.74. The molecule has 0 spiro atoms. The molecule has 0 unspecified atom stereocenters. The zero-order valence-electron chi connectivity index (χ0n) is 16.5. The summed E-state index contributed by atoms with van der Waals surface area (Å²) >= 11 is 0. The van der Waals surface area contributed by atoms with E-state index >= 15 is 0 Å². The number of sulfone groups is 1. The lowest BCUT2D eigenvalue weighted by molar-refractivity contribution is -0.136. The van der Waals surface area contributed by atoms with Gasteiger partial charge in [-0.2, -0.15) is 0 Å². The highest BCUT2D eigenvalue weighted by molar-refractivity contribution is 7.92. The fraction of sp³-hybridized carbons (Fsp3) is 0.632. The van der Waals surface area contributed by atoms with E-state index in [1.165, 1.54) is 4.90 Å². The second-order valence-electron chi connectivity index (χ2n) is 7.99. The largest absolute Gasteiger partial charge is 0.340 e. The summed E-state index contributed by atoms with van der Waals surface area (Å²) in [4.78, 5) is 32.9. The van der Waals surface area contributed by atoms with Gasteiger partial charge in [0, 0.05) is 44.2 Å². The number of hydrogen-bond acceptors (Lipinski definition) is 5. The van der Waals surface area contributed by atoms with Crippen LogP contribution in [-0.4, -0.2) is 72.3 Å². The van der Waals surface area contributed by atoms with Crippen molar-refractivity contribution >= 4 is 21.8 Å². The number of likely N-dealkylation sites (tertiary alicyclic amines) is 1. The quantitative estimate of drug-likeness (QED) is 0.798. The van der Waals surface area contributed by atoms with Crippen LogP contribution in [0.5, 0.6) is 0 Å². The number of urea groups is 1. The van der Waals surface area contributed by atoms with Gasteiger partial charge in [-0.25, -0.2) is 13.2 Å². The molecule has 3 rings (SSSR count). The molecule has 0 aromatic carbocycles. The first-order valence-electron chi connectivity index (χ1n) is 9.61. The van der Waals surface area contributed by atoms with Crippen molar-refractivity contribution in [1.29, 1.82) is 0 Å². The Morgan fingerprint density at radius 2 is 2.07 bits per heavy atom. The molecule has 9 heteroatoms. The van der Waals surface area contributed by atoms with E-state index in [1.54, 1.807) is 18.1 Å². The van der Waals surface area contributed by atoms with Crippen molar-refractivity contribution in [2.24, 2.45) is 11.8 Å². The Morgan fingerprint density at radius 1 is 1.32 bits per heavy atom. The fourth-order valence-electron chi connectivity index (χ4n) is 4.13. The number of nitrogens with zero attached hydrogens (tertiary/aromatic N) is 3. The van der Waals surface area contributed by atoms with Crippen LogP contribution in [0, 0.1) is 11.8 Å². The Labute approximate surface area is 166 Å². The molecule has 2 saturated heterocycles. The van der Waals surface area contributed by atoms with Crippen LogP contribution < -0.4 is 5.32 Å². The number of rotatable bonds is 4. The van der Waals surface area contributed by atoms with Crippen LogP contribution in [0.3, 0.4) is 0 Å². The molecule has 1 aromatic rings. The number of hydrogen-bond donors (Lipinski definition) is 1. The zero-order valence-corrected chi connectivity index (χ0v) is 17.4. The zero-order chi connectivity index (χ0) is 20.5. The summed E-state index contributed by atoms with van der Waals surface area (Å²) in [6.45, 7) is 4.53. The van der Waals surface area contributed by atoms with Crippen LogP contribution in [0.25, 0.3) is 0 Å². The van der Waals surface area contributed by atoms with Gasteiger partial charge in [-0.15, -0.1) is 0 Å². The molecule has 1 aromatic heterocycles. The summed E-state index contributed by atoms with van der Waals surface area (Å²) in [7, 11) is -1.60. The van der Waals surface area contributed by atoms with Crippen LogP contribution in [-0.2, 0) is 21.2 Å². The van der Waals surface area contributed by atoms with Crippen LogP contribution in [0.2, 0.25) is 0 Å². The maximum Gasteiger partial charge on any atom is 0.317 e. The van der Waals surface area contributed by atoms with Crippen molar-refractivity contribution in [1.82, 2.24) is 20.1 Å². The topological polar surface area (TPSA) is 99.7 Å². The fourth-order valence-corrected chi connectivity index (χ4v) is 6.23. The first kappa shape index (κ1) is 20.6. The van der Waals surface area contributed by atoms with E-state index in [0.29, 0.717) is 13.0 Å². The van der Waals surface area contributed by atoms with Gasteiger partial charge < -0.3 is 15.1 Å². The van der Waals surface area contributed by atoms with Crippen molar-refractivity contribution in [3.8, 4) is 0 Å². The first-order chi connectivity index (χ1) is 13.2. The van der Waals surface area contributed by atoms with Gasteiger partial charge in [-0.05, 0) is 32.4 Å². The third kappa shape index (κ3) is 4.29. The molecule has 8 nitrogen and oxygen atoms in total. The molecule has 3 atom stereocenters. The van der Waals surface area contributed by atoms with Crippen LogP contribution in [0.4, 0.5) is 4.79 Å². The van der Waals surface area contributed by atoms with Gasteiger partial charge in [-0.3, -0.25) is 9.78 Å². The molecule has 2 aliphatic rings. The second kappa shape index (κ2) is 8.06. The van der Waals surface area contributed by atoms with E-state index in [2.05, 4.69) is 10.3 Å². The summed E-state index contributed by atoms with van der Waals surface area (Å²) in [5, 5.41) is 2.14. The maximum atomic E-state index is 13.1. The average molecular weight is 409 g/mol. The predicted molar refractivity (Wildman–Crippen MR) is 105 cm³/mol. The molecule has 3 amide bonds. The van der Waals surface area contributed by atoms with E-state index in [0.717, 1.165) is 5.69 Å². The molecule has 0 radical (unpaired) electrons. The lowest BCUT2D eigenvalue weighted by Crippen LogP contribution is -2.47. The van der Waals surface area contributed by atoms with Gasteiger partial charge in [0.05, 0.1) is 23.2 Å². The smallest absolute Gasteiger partial charge is 0.317 e. The van der Waals surface area contributed by atoms with E-state index < -0.39 is 21.0 Å². The summed E-state index contributed by atoms with van der Waals surface area (Å²) in [5.74, 6) is -0.863. The van der Waals surface area contributed by atoms with Gasteiger partial charge in [0.15, 0.2) is 9.84 Å². The minimum absolute atomic E-state index is 0.0123. The summed E-state index contributed by atoms with van der Waals surface area (Å²) in [6.07, 6.45) is 1.98. The van der Waals surface area contributed by atoms with E-state index in [1.807, 2.05) is 32.0 Å². The number of pyridine rings is 1. The highest BCUT2D eigenvalue weighted by Crippen LogP contribution is 2.37. The van der Waals surface area contributed by atoms with Gasteiger partial charge in [0.1, 0.15) is 0 Å². The number of amides is 3. The predicted octanol–water partition coefficient (Wildman–Crippen LogP) is 0.893. The van der Waals surface area contributed by atoms with Crippen LogP contribution in [0.1, 0.15) is 26.0 Å². The molecule has 2 aliphatic heterocycles. The molecule has 0 bridgehead atoms. The molecule has 0 saturated carbocycles. The maximum absolute atomic E-state index is 13.1. The van der Waals surface area contributed by atoms with E-state index in [4.69, 9.17) is 0 Å². The number of fused-ring (bicyclic) bond motifs is 1. The van der Waals surface area contributed by atoms with Gasteiger partial charge >= 0.3 is 6.03 Å². The number of nitrogens with one attached hydrogen (secondary N) is 1. The molecule has 1 N–H and O–H groups in total. The van der Waals surface area contributed by atoms with E-state index in [-0.39, 0.29) is 42.7 Å². The Hall–Kier alpha value is -2.16. The van der Waals surface area contributed by atoms with Crippen LogP contribution >= 0.6 is 0 Å². The van der Waals surface area contributed by atoms with Crippen molar-refractivity contribution < 1.29 is 18.0 Å². The lowest BCUT2D eigenvalue weighted by Gasteiger charge is -2.34. The average Bonchev–Trinajstić information content (AvgIpc) is 3.08. The Morgan fingerprint density at radius 3 is 2.71 bits per heavy atom. The molecule has 28 heavy (non-hydrogen) atoms. The Kier molecular flexibility index (Phi) is 5.92. The van der Waals surface area contributed by atoms with Crippen LogP contribution in [0.15, 0.2) is 24.4 Å². The van der Waals surface area contributed by atoms with Crippen molar-refractivity contribution in [2.75, 3.05) is 25.9 Å². The summed E-state index contributed by atoms with van der Waals surface area (Å²) in [5.41, 5.74) is 0.780. The summed E-state index contributed by atoms with van der Waals surface area (Å²) in [6, 6.07) is 5.23. The van der Waals surface area contributed by atoms with Crippen molar-refractivity contribution in [2.45, 2.75) is 38.1 Å². The molecular weight excluding hydrogens is 380 g/mol. The Balaban J connectivity index is 1.75. The van der Waals surface area contributed by atoms with Crippen molar-refractivity contribution in [3.05, 3.63) is 30.1 Å². The standard InChI is InChI=1S/C19H28N4O4S/c1-13(2)21-19(25)23-11-16-15(7-9-28(26,27)17(16)12-23)18(24)22(3)10-14-6-4-5-8-20-14/h4-6,8,13,15-17H,7,9-12H2,1-3H3,(H,21,25)/t15-,16+,17+/m1/s1. The second-order valence-corrected chi connectivity index (χ2v) is 10.3. The minimum atomic E-state index is -3.31. The minimum Gasteiger partial charge on any atom is -0.340 e. The lowest BCUT2D eigenvalue weighted by atomic mass is 9.87. The molecule has 3 heterocycles. The van der Waals surface area contributed by atoms with Crippen molar-refractivity contribution in [3.63, 3.8) is 0 Å². The van der Waals surface area contributed by atoms with Gasteiger partial charge in [0.25, 0.3) is 0 Å². The molecular formula is C19H28N4O4S. The highest BCUT2D eigenvalue weighted by Gasteiger charge is 2.51. The molecule has 0 aliphatic carbocycles. The summed E-state index contributed by atoms with van der Waals surface area (Å²) < 4.78 is 25.2. The highest BCUT2D eigenvalue weighted by atomic mass is 32.2. The normalized spacial score (nSPS) is 26.0. The van der Waals surface area contributed by atoms with Gasteiger partial charge in [0.2, 0.25) is 5.91 Å². The molecule has 2 fully saturated rings. The number of carbonyl (C=O) groups excluding carboxylic acids is 2. The first-order valence-corrected chi connectivity index (χ1v) is 11.3. The molecule has 154 valence electrons. The third-order valence-electron chi connectivity index (χ3n) is 5.52. The SMILES string of the molecule is CC(C)NC(=O)N1C[C@H]2[C@H](C(=O)N(C)Cc3ccccn3)CCS(=O)(=O)[C@H]2C1.